The first-order chi connectivity index (χ1) is 11.7. The van der Waals surface area contributed by atoms with Crippen LogP contribution in [0.3, 0.4) is 0 Å². The van der Waals surface area contributed by atoms with E-state index in [2.05, 4.69) is 5.32 Å². The molecule has 2 aromatic carbocycles. The van der Waals surface area contributed by atoms with Crippen molar-refractivity contribution in [3.63, 3.8) is 0 Å². The first-order valence-electron chi connectivity index (χ1n) is 8.14. The summed E-state index contributed by atoms with van der Waals surface area (Å²) in [5.41, 5.74) is 9.23. The number of carbonyl (C=O) groups is 2. The molecule has 25 heavy (non-hydrogen) atoms. The summed E-state index contributed by atoms with van der Waals surface area (Å²) in [4.78, 5) is 26.3. The molecule has 0 aromatic heterocycles. The van der Waals surface area contributed by atoms with Crippen LogP contribution >= 0.6 is 12.4 Å². The fraction of sp³-hybridized carbons (Fsp3) is 0.263. The number of carbonyl (C=O) groups excluding carboxylic acids is 2. The van der Waals surface area contributed by atoms with Crippen LogP contribution in [0.1, 0.15) is 24.0 Å². The zero-order chi connectivity index (χ0) is 16.9. The van der Waals surface area contributed by atoms with Crippen LogP contribution in [0.4, 0.5) is 11.4 Å². The largest absolute Gasteiger partial charge is 0.326 e. The average molecular weight is 360 g/mol. The van der Waals surface area contributed by atoms with Crippen molar-refractivity contribution in [3.8, 4) is 0 Å². The van der Waals surface area contributed by atoms with Crippen LogP contribution < -0.4 is 16.0 Å². The average Bonchev–Trinajstić information content (AvgIpc) is 2.75. The maximum absolute atomic E-state index is 12.4. The van der Waals surface area contributed by atoms with E-state index in [1.807, 2.05) is 48.5 Å². The Bertz CT molecular complexity index is 747. The third-order valence-electron chi connectivity index (χ3n) is 4.20. The molecule has 2 amide bonds. The summed E-state index contributed by atoms with van der Waals surface area (Å²) >= 11 is 0. The zero-order valence-corrected chi connectivity index (χ0v) is 14.7. The van der Waals surface area contributed by atoms with Gasteiger partial charge in [-0.2, -0.15) is 0 Å². The van der Waals surface area contributed by atoms with Crippen LogP contribution in [-0.2, 0) is 22.6 Å². The van der Waals surface area contributed by atoms with E-state index in [0.717, 1.165) is 29.7 Å². The van der Waals surface area contributed by atoms with E-state index in [1.54, 1.807) is 4.90 Å². The quantitative estimate of drug-likeness (QED) is 0.881. The van der Waals surface area contributed by atoms with Gasteiger partial charge >= 0.3 is 0 Å². The molecular weight excluding hydrogens is 338 g/mol. The van der Waals surface area contributed by atoms with Gasteiger partial charge in [-0.05, 0) is 42.2 Å². The van der Waals surface area contributed by atoms with Gasteiger partial charge in [0.05, 0.1) is 0 Å². The number of amides is 2. The highest BCUT2D eigenvalue weighted by molar-refractivity contribution is 6.03. The Balaban J connectivity index is 0.00000225. The van der Waals surface area contributed by atoms with Gasteiger partial charge in [-0.1, -0.05) is 30.3 Å². The molecule has 5 nitrogen and oxygen atoms in total. The molecule has 0 aliphatic carbocycles. The van der Waals surface area contributed by atoms with Crippen molar-refractivity contribution in [2.45, 2.75) is 25.8 Å². The van der Waals surface area contributed by atoms with E-state index >= 15 is 0 Å². The van der Waals surface area contributed by atoms with Gasteiger partial charge in [0.2, 0.25) is 11.8 Å². The van der Waals surface area contributed by atoms with Crippen LogP contribution in [-0.4, -0.2) is 18.4 Å². The minimum absolute atomic E-state index is 0. The van der Waals surface area contributed by atoms with Crippen LogP contribution in [0.5, 0.6) is 0 Å². The van der Waals surface area contributed by atoms with Crippen LogP contribution in [0, 0.1) is 0 Å². The van der Waals surface area contributed by atoms with Gasteiger partial charge in [0.1, 0.15) is 6.54 Å². The first-order valence-corrected chi connectivity index (χ1v) is 8.14. The summed E-state index contributed by atoms with van der Waals surface area (Å²) in [6.07, 6.45) is 2.14. The lowest BCUT2D eigenvalue weighted by Crippen LogP contribution is -2.37. The molecule has 1 heterocycles. The number of benzene rings is 2. The van der Waals surface area contributed by atoms with E-state index in [0.29, 0.717) is 18.7 Å². The second-order valence-electron chi connectivity index (χ2n) is 5.91. The smallest absolute Gasteiger partial charge is 0.244 e. The van der Waals surface area contributed by atoms with E-state index in [4.69, 9.17) is 5.73 Å². The summed E-state index contributed by atoms with van der Waals surface area (Å²) in [6, 6.07) is 15.2. The maximum Gasteiger partial charge on any atom is 0.244 e. The van der Waals surface area contributed by atoms with Gasteiger partial charge in [0, 0.05) is 24.3 Å². The van der Waals surface area contributed by atoms with Crippen molar-refractivity contribution in [1.29, 1.82) is 0 Å². The molecule has 132 valence electrons. The molecule has 0 saturated carbocycles. The van der Waals surface area contributed by atoms with Crippen molar-refractivity contribution in [2.75, 3.05) is 16.8 Å². The molecular formula is C19H22ClN3O2. The molecule has 0 unspecified atom stereocenters. The fourth-order valence-electron chi connectivity index (χ4n) is 2.93. The van der Waals surface area contributed by atoms with Gasteiger partial charge in [0.25, 0.3) is 0 Å². The summed E-state index contributed by atoms with van der Waals surface area (Å²) in [7, 11) is 0. The summed E-state index contributed by atoms with van der Waals surface area (Å²) < 4.78 is 0. The number of halogens is 1. The third-order valence-corrected chi connectivity index (χ3v) is 4.20. The minimum Gasteiger partial charge on any atom is -0.326 e. The molecule has 0 atom stereocenters. The highest BCUT2D eigenvalue weighted by Gasteiger charge is 2.23. The van der Waals surface area contributed by atoms with E-state index in [9.17, 15) is 9.59 Å². The lowest BCUT2D eigenvalue weighted by molar-refractivity contribution is -0.121. The summed E-state index contributed by atoms with van der Waals surface area (Å²) in [6.45, 7) is 0.488. The van der Waals surface area contributed by atoms with Crippen LogP contribution in [0.25, 0.3) is 0 Å². The molecule has 3 rings (SSSR count). The number of rotatable bonds is 4. The summed E-state index contributed by atoms with van der Waals surface area (Å²) in [5, 5.41) is 2.84. The zero-order valence-electron chi connectivity index (χ0n) is 13.9. The number of fused-ring (bicyclic) bond motifs is 1. The highest BCUT2D eigenvalue weighted by atomic mass is 35.5. The van der Waals surface area contributed by atoms with Crippen molar-refractivity contribution in [1.82, 2.24) is 0 Å². The molecule has 1 aliphatic rings. The second kappa shape index (κ2) is 8.65. The van der Waals surface area contributed by atoms with E-state index in [-0.39, 0.29) is 30.8 Å². The van der Waals surface area contributed by atoms with Gasteiger partial charge in [-0.15, -0.1) is 12.4 Å². The van der Waals surface area contributed by atoms with Crippen molar-refractivity contribution in [2.24, 2.45) is 5.73 Å². The molecule has 6 heteroatoms. The van der Waals surface area contributed by atoms with Crippen molar-refractivity contribution >= 4 is 35.6 Å². The SMILES string of the molecule is Cl.NCc1ccc(NC(=O)CN2C(=O)CCCc3ccccc32)cc1. The number of nitrogens with two attached hydrogens (primary N) is 1. The second-order valence-corrected chi connectivity index (χ2v) is 5.91. The number of nitrogens with one attached hydrogen (secondary N) is 1. The van der Waals surface area contributed by atoms with Crippen LogP contribution in [0.2, 0.25) is 0 Å². The Morgan fingerprint density at radius 2 is 1.80 bits per heavy atom. The highest BCUT2D eigenvalue weighted by Crippen LogP contribution is 2.26. The topological polar surface area (TPSA) is 75.4 Å². The molecule has 1 aliphatic heterocycles. The fourth-order valence-corrected chi connectivity index (χ4v) is 2.93. The summed E-state index contributed by atoms with van der Waals surface area (Å²) in [5.74, 6) is -0.214. The molecule has 0 spiro atoms. The standard InChI is InChI=1S/C19H21N3O2.ClH/c20-12-14-8-10-16(11-9-14)21-18(23)13-22-17-6-2-1-4-15(17)5-3-7-19(22)24;/h1-2,4,6,8-11H,3,5,7,12-13,20H2,(H,21,23);1H. The molecule has 0 radical (unpaired) electrons. The predicted molar refractivity (Wildman–Crippen MR) is 102 cm³/mol. The lowest BCUT2D eigenvalue weighted by atomic mass is 10.1. The number of para-hydroxylation sites is 1. The van der Waals surface area contributed by atoms with Crippen LogP contribution in [0.15, 0.2) is 48.5 Å². The predicted octanol–water partition coefficient (Wildman–Crippen LogP) is 2.88. The Morgan fingerprint density at radius 3 is 2.52 bits per heavy atom. The van der Waals surface area contributed by atoms with Gasteiger partial charge in [-0.25, -0.2) is 0 Å². The van der Waals surface area contributed by atoms with Gasteiger partial charge in [0.15, 0.2) is 0 Å². The first kappa shape index (κ1) is 19.0. The number of anilines is 2. The number of hydrogen-bond donors (Lipinski definition) is 2. The number of hydrogen-bond acceptors (Lipinski definition) is 3. The van der Waals surface area contributed by atoms with Gasteiger partial charge in [-0.3, -0.25) is 9.59 Å². The Morgan fingerprint density at radius 1 is 1.08 bits per heavy atom. The third kappa shape index (κ3) is 4.59. The lowest BCUT2D eigenvalue weighted by Gasteiger charge is -2.22. The Labute approximate surface area is 153 Å². The molecule has 0 bridgehead atoms. The number of aryl methyl sites for hydroxylation is 1. The number of nitrogens with zero attached hydrogens (tertiary/aromatic N) is 1. The Hall–Kier alpha value is -2.37. The molecule has 2 aromatic rings. The molecule has 0 fully saturated rings. The van der Waals surface area contributed by atoms with Crippen molar-refractivity contribution < 1.29 is 9.59 Å². The normalized spacial score (nSPS) is 13.5. The van der Waals surface area contributed by atoms with Gasteiger partial charge < -0.3 is 16.0 Å². The Kier molecular flexibility index (Phi) is 6.56. The maximum atomic E-state index is 12.4. The molecule has 0 saturated heterocycles. The molecule has 3 N–H and O–H groups in total. The van der Waals surface area contributed by atoms with Crippen molar-refractivity contribution in [3.05, 3.63) is 59.7 Å². The van der Waals surface area contributed by atoms with E-state index < -0.39 is 0 Å². The minimum atomic E-state index is -0.208. The monoisotopic (exact) mass is 359 g/mol. The van der Waals surface area contributed by atoms with E-state index in [1.165, 1.54) is 0 Å².